The Balaban J connectivity index is 1.82. The summed E-state index contributed by atoms with van der Waals surface area (Å²) < 4.78 is 12.1. The van der Waals surface area contributed by atoms with E-state index in [2.05, 4.69) is 23.7 Å². The Hall–Kier alpha value is -4.01. The summed E-state index contributed by atoms with van der Waals surface area (Å²) in [5.41, 5.74) is 4.01. The number of aromatic nitrogens is 2. The average molecular weight is 485 g/mol. The van der Waals surface area contributed by atoms with E-state index in [1.165, 1.54) is 5.56 Å². The minimum absolute atomic E-state index is 0.0975. The van der Waals surface area contributed by atoms with Gasteiger partial charge in [0.2, 0.25) is 0 Å². The van der Waals surface area contributed by atoms with E-state index in [0.29, 0.717) is 18.0 Å². The van der Waals surface area contributed by atoms with Gasteiger partial charge in [-0.05, 0) is 72.0 Å². The van der Waals surface area contributed by atoms with Crippen molar-refractivity contribution in [3.05, 3.63) is 111 Å². The first-order valence-electron chi connectivity index (χ1n) is 11.2. The second-order valence-electron chi connectivity index (χ2n) is 7.87. The molecule has 0 N–H and O–H groups in total. The molecule has 0 amide bonds. The highest BCUT2D eigenvalue weighted by molar-refractivity contribution is 6.31. The van der Waals surface area contributed by atoms with Gasteiger partial charge in [0.25, 0.3) is 5.56 Å². The van der Waals surface area contributed by atoms with Crippen LogP contribution in [-0.4, -0.2) is 23.8 Å². The smallest absolute Gasteiger partial charge is 0.286 e. The molecule has 0 aliphatic carbocycles. The first kappa shape index (κ1) is 24.1. The zero-order valence-electron chi connectivity index (χ0n) is 19.8. The van der Waals surface area contributed by atoms with Gasteiger partial charge in [-0.1, -0.05) is 48.7 Å². The number of halogens is 1. The van der Waals surface area contributed by atoms with Crippen LogP contribution in [0.2, 0.25) is 5.15 Å². The van der Waals surface area contributed by atoms with Gasteiger partial charge in [0.1, 0.15) is 11.5 Å². The molecule has 0 saturated heterocycles. The van der Waals surface area contributed by atoms with Gasteiger partial charge in [-0.15, -0.1) is 0 Å². The lowest BCUT2D eigenvalue weighted by Crippen LogP contribution is -2.26. The molecule has 1 aromatic heterocycles. The van der Waals surface area contributed by atoms with Crippen LogP contribution in [-0.2, 0) is 13.0 Å². The van der Waals surface area contributed by atoms with Gasteiger partial charge in [-0.25, -0.2) is 4.98 Å². The predicted octanol–water partition coefficient (Wildman–Crippen LogP) is 5.59. The molecule has 0 aliphatic heterocycles. The lowest BCUT2D eigenvalue weighted by Gasteiger charge is -2.15. The predicted molar refractivity (Wildman–Crippen MR) is 139 cm³/mol. The fourth-order valence-electron chi connectivity index (χ4n) is 3.66. The average Bonchev–Trinajstić information content (AvgIpc) is 2.90. The lowest BCUT2D eigenvalue weighted by atomic mass is 10.1. The van der Waals surface area contributed by atoms with Gasteiger partial charge in [0, 0.05) is 11.1 Å². The van der Waals surface area contributed by atoms with Gasteiger partial charge in [-0.3, -0.25) is 9.36 Å². The Bertz CT molecular complexity index is 1430. The second kappa shape index (κ2) is 10.9. The maximum atomic E-state index is 13.6. The highest BCUT2D eigenvalue weighted by Crippen LogP contribution is 2.28. The topological polar surface area (TPSA) is 53.4 Å². The molecule has 0 unspecified atom stereocenters. The summed E-state index contributed by atoms with van der Waals surface area (Å²) >= 11 is 6.66. The Morgan fingerprint density at radius 1 is 0.829 bits per heavy atom. The first-order valence-corrected chi connectivity index (χ1v) is 11.6. The van der Waals surface area contributed by atoms with E-state index in [0.717, 1.165) is 28.9 Å². The second-order valence-corrected chi connectivity index (χ2v) is 8.23. The van der Waals surface area contributed by atoms with Crippen LogP contribution in [0.25, 0.3) is 11.3 Å². The van der Waals surface area contributed by atoms with E-state index in [4.69, 9.17) is 21.1 Å². The summed E-state index contributed by atoms with van der Waals surface area (Å²) in [6.07, 6.45) is 0.952. The molecule has 0 saturated carbocycles. The van der Waals surface area contributed by atoms with Crippen molar-refractivity contribution < 1.29 is 9.47 Å². The molecule has 0 spiro atoms. The minimum Gasteiger partial charge on any atom is -0.497 e. The number of aryl methyl sites for hydroxylation is 1. The third-order valence-corrected chi connectivity index (χ3v) is 5.94. The van der Waals surface area contributed by atoms with Crippen molar-refractivity contribution in [2.24, 2.45) is 0 Å². The van der Waals surface area contributed by atoms with E-state index >= 15 is 0 Å². The number of hydrogen-bond donors (Lipinski definition) is 0. The maximum Gasteiger partial charge on any atom is 0.286 e. The van der Waals surface area contributed by atoms with Crippen LogP contribution in [0.4, 0.5) is 0 Å². The lowest BCUT2D eigenvalue weighted by molar-refractivity contribution is 0.414. The molecular weight excluding hydrogens is 460 g/mol. The van der Waals surface area contributed by atoms with E-state index < -0.39 is 0 Å². The van der Waals surface area contributed by atoms with Crippen LogP contribution in [0.5, 0.6) is 11.5 Å². The minimum atomic E-state index is -0.311. The quantitative estimate of drug-likeness (QED) is 0.335. The van der Waals surface area contributed by atoms with Crippen molar-refractivity contribution in [3.63, 3.8) is 0 Å². The summed E-state index contributed by atoms with van der Waals surface area (Å²) in [5.74, 6) is 7.42. The normalized spacial score (nSPS) is 10.4. The first-order chi connectivity index (χ1) is 17.0. The highest BCUT2D eigenvalue weighted by atomic mass is 35.5. The molecule has 3 aromatic carbocycles. The molecule has 0 radical (unpaired) electrons. The van der Waals surface area contributed by atoms with E-state index in [-0.39, 0.29) is 16.4 Å². The zero-order chi connectivity index (χ0) is 24.8. The third-order valence-electron chi connectivity index (χ3n) is 5.67. The number of rotatable bonds is 6. The molecular formula is C29H25ClN2O3. The van der Waals surface area contributed by atoms with Crippen LogP contribution in [0.3, 0.4) is 0 Å². The summed E-state index contributed by atoms with van der Waals surface area (Å²) in [6.45, 7) is 2.40. The van der Waals surface area contributed by atoms with Crippen molar-refractivity contribution in [3.8, 4) is 34.6 Å². The molecule has 176 valence electrons. The van der Waals surface area contributed by atoms with Gasteiger partial charge < -0.3 is 9.47 Å². The van der Waals surface area contributed by atoms with Gasteiger partial charge >= 0.3 is 0 Å². The molecule has 0 aliphatic rings. The third kappa shape index (κ3) is 5.56. The van der Waals surface area contributed by atoms with E-state index in [1.54, 1.807) is 18.8 Å². The largest absolute Gasteiger partial charge is 0.497 e. The van der Waals surface area contributed by atoms with Crippen LogP contribution in [0.15, 0.2) is 77.6 Å². The Kier molecular flexibility index (Phi) is 7.54. The van der Waals surface area contributed by atoms with E-state index in [9.17, 15) is 4.79 Å². The zero-order valence-corrected chi connectivity index (χ0v) is 20.6. The number of nitrogens with zero attached hydrogens (tertiary/aromatic N) is 2. The Morgan fingerprint density at radius 2 is 1.40 bits per heavy atom. The molecule has 4 aromatic rings. The summed E-state index contributed by atoms with van der Waals surface area (Å²) in [5, 5.41) is 0.203. The van der Waals surface area contributed by atoms with Crippen molar-refractivity contribution >= 4 is 11.6 Å². The molecule has 0 fully saturated rings. The molecule has 4 rings (SSSR count). The summed E-state index contributed by atoms with van der Waals surface area (Å²) in [7, 11) is 3.22. The SMILES string of the molecule is CCc1ccc(C#Cc2nc(Cl)c(-c3ccc(OC)cc3)n(Cc3ccc(OC)cc3)c2=O)cc1. The van der Waals surface area contributed by atoms with E-state index in [1.807, 2.05) is 72.8 Å². The van der Waals surface area contributed by atoms with Gasteiger partial charge in [0.05, 0.1) is 26.5 Å². The van der Waals surface area contributed by atoms with Crippen molar-refractivity contribution in [2.75, 3.05) is 14.2 Å². The fourth-order valence-corrected chi connectivity index (χ4v) is 3.96. The summed E-state index contributed by atoms with van der Waals surface area (Å²) in [4.78, 5) is 18.0. The van der Waals surface area contributed by atoms with Crippen LogP contribution >= 0.6 is 11.6 Å². The Morgan fingerprint density at radius 3 is 1.97 bits per heavy atom. The van der Waals surface area contributed by atoms with Crippen LogP contribution < -0.4 is 15.0 Å². The molecule has 0 bridgehead atoms. The maximum absolute atomic E-state index is 13.6. The molecule has 0 atom stereocenters. The van der Waals surface area contributed by atoms with Crippen molar-refractivity contribution in [2.45, 2.75) is 19.9 Å². The summed E-state index contributed by atoms with van der Waals surface area (Å²) in [6, 6.07) is 22.8. The number of hydrogen-bond acceptors (Lipinski definition) is 4. The number of benzene rings is 3. The molecule has 6 heteroatoms. The van der Waals surface area contributed by atoms with Crippen LogP contribution in [0, 0.1) is 11.8 Å². The highest BCUT2D eigenvalue weighted by Gasteiger charge is 2.17. The number of methoxy groups -OCH3 is 2. The Labute approximate surface area is 209 Å². The molecule has 35 heavy (non-hydrogen) atoms. The monoisotopic (exact) mass is 484 g/mol. The standard InChI is InChI=1S/C29H25ClN2O3/c1-4-20-5-7-21(8-6-20)11-18-26-29(33)32(19-22-9-14-24(34-2)15-10-22)27(28(30)31-26)23-12-16-25(35-3)17-13-23/h5-10,12-17H,4,19H2,1-3H3. The van der Waals surface area contributed by atoms with Crippen molar-refractivity contribution in [1.82, 2.24) is 9.55 Å². The molecule has 5 nitrogen and oxygen atoms in total. The van der Waals surface area contributed by atoms with Gasteiger partial charge in [0.15, 0.2) is 10.8 Å². The van der Waals surface area contributed by atoms with Crippen LogP contribution in [0.1, 0.15) is 29.3 Å². The van der Waals surface area contributed by atoms with Crippen molar-refractivity contribution in [1.29, 1.82) is 0 Å². The fraction of sp³-hybridized carbons (Fsp3) is 0.172. The molecule has 1 heterocycles. The number of ether oxygens (including phenoxy) is 2. The van der Waals surface area contributed by atoms with Gasteiger partial charge in [-0.2, -0.15) is 0 Å².